The first-order valence-corrected chi connectivity index (χ1v) is 6.51. The summed E-state index contributed by atoms with van der Waals surface area (Å²) in [5.74, 6) is 0.581. The molecule has 0 aromatic heterocycles. The van der Waals surface area contributed by atoms with Crippen molar-refractivity contribution in [3.05, 3.63) is 17.7 Å². The molecule has 0 saturated heterocycles. The molecule has 0 radical (unpaired) electrons. The van der Waals surface area contributed by atoms with Gasteiger partial charge in [-0.3, -0.25) is 4.79 Å². The molecule has 2 rings (SSSR count). The van der Waals surface area contributed by atoms with Crippen molar-refractivity contribution in [1.82, 2.24) is 5.32 Å². The Hall–Kier alpha value is -1.95. The van der Waals surface area contributed by atoms with Gasteiger partial charge in [0.05, 0.1) is 25.4 Å². The van der Waals surface area contributed by atoms with Gasteiger partial charge in [-0.2, -0.15) is 0 Å². The number of aliphatic hydroxyl groups is 1. The lowest BCUT2D eigenvalue weighted by Gasteiger charge is -2.36. The Bertz CT molecular complexity index is 512. The molecule has 20 heavy (non-hydrogen) atoms. The SMILES string of the molecule is COc1cc(N)c(C(=O)NCC2(O)CCC2)cc1OC. The van der Waals surface area contributed by atoms with Crippen LogP contribution in [0.15, 0.2) is 12.1 Å². The highest BCUT2D eigenvalue weighted by Crippen LogP contribution is 2.33. The minimum Gasteiger partial charge on any atom is -0.493 e. The smallest absolute Gasteiger partial charge is 0.253 e. The number of nitrogen functional groups attached to an aromatic ring is 1. The number of nitrogens with one attached hydrogen (secondary N) is 1. The predicted molar refractivity (Wildman–Crippen MR) is 75.1 cm³/mol. The van der Waals surface area contributed by atoms with Crippen molar-refractivity contribution in [3.63, 3.8) is 0 Å². The number of nitrogens with two attached hydrogens (primary N) is 1. The van der Waals surface area contributed by atoms with E-state index in [1.165, 1.54) is 20.3 Å². The molecule has 0 heterocycles. The fraction of sp³-hybridized carbons (Fsp3) is 0.500. The minimum atomic E-state index is -0.763. The lowest BCUT2D eigenvalue weighted by atomic mass is 9.80. The van der Waals surface area contributed by atoms with E-state index in [0.29, 0.717) is 35.6 Å². The minimum absolute atomic E-state index is 0.236. The molecule has 1 aliphatic carbocycles. The molecular weight excluding hydrogens is 260 g/mol. The summed E-state index contributed by atoms with van der Waals surface area (Å²) < 4.78 is 10.3. The molecule has 0 spiro atoms. The van der Waals surface area contributed by atoms with E-state index in [0.717, 1.165) is 6.42 Å². The molecule has 0 aliphatic heterocycles. The number of benzene rings is 1. The molecule has 1 aromatic rings. The Morgan fingerprint density at radius 1 is 1.35 bits per heavy atom. The summed E-state index contributed by atoms with van der Waals surface area (Å²) in [5, 5.41) is 12.7. The average molecular weight is 280 g/mol. The van der Waals surface area contributed by atoms with Crippen molar-refractivity contribution in [3.8, 4) is 11.5 Å². The lowest BCUT2D eigenvalue weighted by molar-refractivity contribution is -0.0300. The molecular formula is C14H20N2O4. The summed E-state index contributed by atoms with van der Waals surface area (Å²) in [5.41, 5.74) is 5.70. The number of hydrogen-bond donors (Lipinski definition) is 3. The Morgan fingerprint density at radius 2 is 1.95 bits per heavy atom. The molecule has 6 nitrogen and oxygen atoms in total. The summed E-state index contributed by atoms with van der Waals surface area (Å²) in [6, 6.07) is 3.08. The van der Waals surface area contributed by atoms with Gasteiger partial charge in [0.2, 0.25) is 0 Å². The first-order valence-electron chi connectivity index (χ1n) is 6.51. The van der Waals surface area contributed by atoms with Gasteiger partial charge in [-0.1, -0.05) is 0 Å². The van der Waals surface area contributed by atoms with Crippen LogP contribution in [0.25, 0.3) is 0 Å². The first kappa shape index (κ1) is 14.5. The van der Waals surface area contributed by atoms with Gasteiger partial charge >= 0.3 is 0 Å². The van der Waals surface area contributed by atoms with E-state index >= 15 is 0 Å². The number of hydrogen-bond acceptors (Lipinski definition) is 5. The third-order valence-electron chi connectivity index (χ3n) is 3.66. The van der Waals surface area contributed by atoms with Gasteiger partial charge in [0.1, 0.15) is 0 Å². The van der Waals surface area contributed by atoms with E-state index in [-0.39, 0.29) is 12.5 Å². The standard InChI is InChI=1S/C14H20N2O4/c1-19-11-6-9(10(15)7-12(11)20-2)13(17)16-8-14(18)4-3-5-14/h6-7,18H,3-5,8,15H2,1-2H3,(H,16,17). The highest BCUT2D eigenvalue weighted by molar-refractivity contribution is 6.00. The van der Waals surface area contributed by atoms with Gasteiger partial charge < -0.3 is 25.6 Å². The zero-order chi connectivity index (χ0) is 14.8. The van der Waals surface area contributed by atoms with Gasteiger partial charge in [0.15, 0.2) is 11.5 Å². The summed E-state index contributed by atoms with van der Waals surface area (Å²) in [4.78, 5) is 12.1. The van der Waals surface area contributed by atoms with Crippen LogP contribution in [0.5, 0.6) is 11.5 Å². The van der Waals surface area contributed by atoms with Crippen molar-refractivity contribution >= 4 is 11.6 Å². The van der Waals surface area contributed by atoms with Gasteiger partial charge in [-0.05, 0) is 25.3 Å². The number of anilines is 1. The van der Waals surface area contributed by atoms with Crippen LogP contribution < -0.4 is 20.5 Å². The number of carbonyl (C=O) groups excluding carboxylic acids is 1. The number of methoxy groups -OCH3 is 2. The molecule has 0 bridgehead atoms. The molecule has 0 atom stereocenters. The second-order valence-electron chi connectivity index (χ2n) is 5.06. The Labute approximate surface area is 117 Å². The van der Waals surface area contributed by atoms with Crippen LogP contribution in [0.4, 0.5) is 5.69 Å². The van der Waals surface area contributed by atoms with Crippen molar-refractivity contribution in [1.29, 1.82) is 0 Å². The third-order valence-corrected chi connectivity index (χ3v) is 3.66. The second-order valence-corrected chi connectivity index (χ2v) is 5.06. The molecule has 4 N–H and O–H groups in total. The van der Waals surface area contributed by atoms with E-state index in [1.807, 2.05) is 0 Å². The first-order chi connectivity index (χ1) is 9.49. The molecule has 1 amide bonds. The molecule has 1 saturated carbocycles. The fourth-order valence-corrected chi connectivity index (χ4v) is 2.19. The van der Waals surface area contributed by atoms with Crippen molar-refractivity contribution < 1.29 is 19.4 Å². The van der Waals surface area contributed by atoms with E-state index in [4.69, 9.17) is 15.2 Å². The van der Waals surface area contributed by atoms with Crippen LogP contribution in [0, 0.1) is 0 Å². The zero-order valence-electron chi connectivity index (χ0n) is 11.7. The van der Waals surface area contributed by atoms with E-state index in [2.05, 4.69) is 5.32 Å². The maximum Gasteiger partial charge on any atom is 0.253 e. The predicted octanol–water partition coefficient (Wildman–Crippen LogP) is 0.931. The summed E-state index contributed by atoms with van der Waals surface area (Å²) >= 11 is 0. The van der Waals surface area contributed by atoms with E-state index < -0.39 is 5.60 Å². The summed E-state index contributed by atoms with van der Waals surface area (Å²) in [6.45, 7) is 0.236. The number of rotatable bonds is 5. The molecule has 0 unspecified atom stereocenters. The average Bonchev–Trinajstić information content (AvgIpc) is 2.42. The highest BCUT2D eigenvalue weighted by atomic mass is 16.5. The Kier molecular flexibility index (Phi) is 4.04. The zero-order valence-corrected chi connectivity index (χ0v) is 11.7. The topological polar surface area (TPSA) is 93.8 Å². The maximum absolute atomic E-state index is 12.1. The van der Waals surface area contributed by atoms with Crippen molar-refractivity contribution in [2.24, 2.45) is 0 Å². The van der Waals surface area contributed by atoms with Gasteiger partial charge in [0.25, 0.3) is 5.91 Å². The highest BCUT2D eigenvalue weighted by Gasteiger charge is 2.34. The lowest BCUT2D eigenvalue weighted by Crippen LogP contribution is -2.47. The van der Waals surface area contributed by atoms with Crippen molar-refractivity contribution in [2.45, 2.75) is 24.9 Å². The molecule has 1 fully saturated rings. The quantitative estimate of drug-likeness (QED) is 0.698. The Morgan fingerprint density at radius 3 is 2.45 bits per heavy atom. The van der Waals surface area contributed by atoms with Gasteiger partial charge in [0, 0.05) is 18.3 Å². The number of carbonyl (C=O) groups is 1. The largest absolute Gasteiger partial charge is 0.493 e. The van der Waals surface area contributed by atoms with Gasteiger partial charge in [-0.25, -0.2) is 0 Å². The monoisotopic (exact) mass is 280 g/mol. The Balaban J connectivity index is 2.12. The normalized spacial score (nSPS) is 16.1. The fourth-order valence-electron chi connectivity index (χ4n) is 2.19. The molecule has 1 aliphatic rings. The molecule has 110 valence electrons. The maximum atomic E-state index is 12.1. The van der Waals surface area contributed by atoms with Crippen LogP contribution >= 0.6 is 0 Å². The number of amides is 1. The summed E-state index contributed by atoms with van der Waals surface area (Å²) in [6.07, 6.45) is 2.42. The summed E-state index contributed by atoms with van der Waals surface area (Å²) in [7, 11) is 3.00. The van der Waals surface area contributed by atoms with Crippen LogP contribution in [-0.2, 0) is 0 Å². The second kappa shape index (κ2) is 5.58. The third kappa shape index (κ3) is 2.80. The van der Waals surface area contributed by atoms with Crippen LogP contribution in [0.3, 0.4) is 0 Å². The van der Waals surface area contributed by atoms with Crippen LogP contribution in [-0.4, -0.2) is 37.4 Å². The van der Waals surface area contributed by atoms with Crippen molar-refractivity contribution in [2.75, 3.05) is 26.5 Å². The van der Waals surface area contributed by atoms with Crippen LogP contribution in [0.1, 0.15) is 29.6 Å². The number of ether oxygens (including phenoxy) is 2. The molecule has 1 aromatic carbocycles. The van der Waals surface area contributed by atoms with E-state index in [1.54, 1.807) is 6.07 Å². The van der Waals surface area contributed by atoms with Crippen LogP contribution in [0.2, 0.25) is 0 Å². The molecule has 6 heteroatoms. The van der Waals surface area contributed by atoms with Gasteiger partial charge in [-0.15, -0.1) is 0 Å². The van der Waals surface area contributed by atoms with E-state index in [9.17, 15) is 9.90 Å².